The Bertz CT molecular complexity index is 3020. The summed E-state index contributed by atoms with van der Waals surface area (Å²) in [6.45, 7) is 14.5. The van der Waals surface area contributed by atoms with Crippen LogP contribution < -0.4 is 25.4 Å². The molecule has 343 valence electrons. The average Bonchev–Trinajstić information content (AvgIpc) is 4.23. The van der Waals surface area contributed by atoms with Crippen LogP contribution in [-0.2, 0) is 30.8 Å². The van der Waals surface area contributed by atoms with E-state index in [2.05, 4.69) is 209 Å². The zero-order chi connectivity index (χ0) is 47.2. The van der Waals surface area contributed by atoms with Crippen LogP contribution in [0.3, 0.4) is 0 Å². The van der Waals surface area contributed by atoms with Crippen molar-refractivity contribution in [2.45, 2.75) is 73.6 Å². The second-order valence-electron chi connectivity index (χ2n) is 18.5. The molecule has 0 atom stereocenters. The summed E-state index contributed by atoms with van der Waals surface area (Å²) >= 11 is 5.45. The topological polar surface area (TPSA) is 18.5 Å². The van der Waals surface area contributed by atoms with Gasteiger partial charge in [0.05, 0.1) is 13.2 Å². The number of allylic oxidation sites excluding steroid dienone is 9. The molecule has 0 N–H and O–H groups in total. The first-order valence-corrected chi connectivity index (χ1v) is 28.7. The summed E-state index contributed by atoms with van der Waals surface area (Å²) in [5.41, 5.74) is 11.3. The summed E-state index contributed by atoms with van der Waals surface area (Å²) in [6.07, 6.45) is 18.7. The zero-order valence-electron chi connectivity index (χ0n) is 40.0. The van der Waals surface area contributed by atoms with Crippen LogP contribution in [0.15, 0.2) is 156 Å². The van der Waals surface area contributed by atoms with Crippen molar-refractivity contribution in [1.82, 2.24) is 0 Å². The summed E-state index contributed by atoms with van der Waals surface area (Å²) in [6, 6.07) is 42.3. The van der Waals surface area contributed by atoms with Gasteiger partial charge < -0.3 is 9.47 Å². The first kappa shape index (κ1) is 47.8. The molecule has 0 spiro atoms. The van der Waals surface area contributed by atoms with Crippen LogP contribution in [0.1, 0.15) is 103 Å². The second-order valence-corrected chi connectivity index (χ2v) is 24.7. The van der Waals surface area contributed by atoms with Crippen molar-refractivity contribution in [3.8, 4) is 27.7 Å². The van der Waals surface area contributed by atoms with Gasteiger partial charge in [-0.05, 0) is 48.6 Å². The van der Waals surface area contributed by atoms with E-state index in [1.54, 1.807) is 11.3 Å². The van der Waals surface area contributed by atoms with Crippen molar-refractivity contribution in [1.29, 1.82) is 0 Å². The van der Waals surface area contributed by atoms with Gasteiger partial charge in [0.2, 0.25) is 0 Å². The summed E-state index contributed by atoms with van der Waals surface area (Å²) in [7, 11) is -2.46. The second kappa shape index (κ2) is 21.6. The third-order valence-corrected chi connectivity index (χ3v) is 20.4. The summed E-state index contributed by atoms with van der Waals surface area (Å²) in [5.74, 6) is 10.4. The Hall–Kier alpha value is -5.27. The van der Waals surface area contributed by atoms with Gasteiger partial charge in [-0.2, -0.15) is 0 Å². The van der Waals surface area contributed by atoms with Crippen LogP contribution in [-0.4, -0.2) is 13.2 Å². The van der Waals surface area contributed by atoms with Gasteiger partial charge >= 0.3 is 283 Å². The Labute approximate surface area is 423 Å². The van der Waals surface area contributed by atoms with Crippen LogP contribution in [0, 0.1) is 28.0 Å². The molecule has 3 aliphatic rings. The molecule has 0 unspecified atom stereocenters. The SMILES string of the molecule is CC=C1CCCC1=CC(C#Cc1ccc(C2=Cc3c(c(OCC(C)C)c4c(c3OCC(C)C)CC(c3ccc(/C=C/C)s3)=C4)C2)s1)=C([C]#[Os])[P+](c1ccccc1)(c1ccccc1)c1ccccc1. The van der Waals surface area contributed by atoms with Gasteiger partial charge in [0.1, 0.15) is 0 Å². The normalized spacial score (nSPS) is 15.9. The average molecular weight is 1120 g/mol. The maximum absolute atomic E-state index is 6.87. The molecule has 6 aromatic rings. The number of hydrogen-bond acceptors (Lipinski definition) is 4. The Balaban J connectivity index is 1.16. The number of rotatable bonds is 14. The Morgan fingerprint density at radius 3 is 1.68 bits per heavy atom. The van der Waals surface area contributed by atoms with E-state index in [9.17, 15) is 0 Å². The number of benzene rings is 4. The standard InChI is InChI=1S/C62H59O2PS2.Os/c1-8-20-53-31-33-59(66-53)48-36-55-56(37-48)62(64-41-43(5)6)58-39-49(38-57(58)61(55)63-40-42(3)4)60-34-32-54(67-60)30-29-46(35-47-22-19-21-45(47)9-2)44(7)65(50-23-13-10-14-24-50,51-25-15-11-16-26-51)52-27-17-12-18-28-52;/h8-18,20,23-28,31-36,39,42-43H,19,21-22,37-38,40-41H2,1-6H3;/q+1;/b20-8+,45-9?,46-44?,47-35?;. The van der Waals surface area contributed by atoms with Gasteiger partial charge in [-0.1, -0.05) is 33.8 Å². The van der Waals surface area contributed by atoms with E-state index in [1.807, 2.05) is 29.3 Å². The van der Waals surface area contributed by atoms with Crippen molar-refractivity contribution in [2.24, 2.45) is 11.8 Å². The van der Waals surface area contributed by atoms with Crippen molar-refractivity contribution in [2.75, 3.05) is 13.2 Å². The fourth-order valence-corrected chi connectivity index (χ4v) is 17.3. The van der Waals surface area contributed by atoms with Gasteiger partial charge in [0.25, 0.3) is 0 Å². The van der Waals surface area contributed by atoms with Crippen LogP contribution in [0.25, 0.3) is 29.4 Å². The van der Waals surface area contributed by atoms with E-state index in [0.29, 0.717) is 25.0 Å². The summed E-state index contributed by atoms with van der Waals surface area (Å²) in [4.78, 5) is 4.85. The third-order valence-electron chi connectivity index (χ3n) is 12.8. The van der Waals surface area contributed by atoms with Crippen molar-refractivity contribution < 1.29 is 27.4 Å². The van der Waals surface area contributed by atoms with Crippen LogP contribution in [0.5, 0.6) is 11.5 Å². The third kappa shape index (κ3) is 9.79. The van der Waals surface area contributed by atoms with E-state index in [1.165, 1.54) is 80.4 Å². The number of hydrogen-bond donors (Lipinski definition) is 0. The molecule has 2 aromatic heterocycles. The van der Waals surface area contributed by atoms with Crippen LogP contribution in [0.2, 0.25) is 0 Å². The molecule has 0 bridgehead atoms. The zero-order valence-corrected chi connectivity index (χ0v) is 45.0. The van der Waals surface area contributed by atoms with Gasteiger partial charge in [0, 0.05) is 27.3 Å². The molecular weight excluding hydrogens is 1060 g/mol. The minimum atomic E-state index is -2.46. The van der Waals surface area contributed by atoms with Gasteiger partial charge in [0.15, 0.2) is 0 Å². The Morgan fingerprint density at radius 2 is 1.18 bits per heavy atom. The number of fused-ring (bicyclic) bond motifs is 2. The maximum atomic E-state index is 6.87. The molecule has 3 aliphatic carbocycles. The molecule has 0 saturated heterocycles. The van der Waals surface area contributed by atoms with Crippen molar-refractivity contribution in [3.05, 3.63) is 197 Å². The fraction of sp³-hybridized carbons (Fsp3) is 0.242. The Morgan fingerprint density at radius 1 is 0.662 bits per heavy atom. The first-order valence-electron chi connectivity index (χ1n) is 24.0. The van der Waals surface area contributed by atoms with E-state index < -0.39 is 7.26 Å². The monoisotopic (exact) mass is 1120 g/mol. The van der Waals surface area contributed by atoms with Gasteiger partial charge in [-0.25, -0.2) is 0 Å². The van der Waals surface area contributed by atoms with Crippen LogP contribution >= 0.6 is 29.9 Å². The predicted octanol–water partition coefficient (Wildman–Crippen LogP) is 15.3. The fourth-order valence-electron chi connectivity index (χ4n) is 9.66. The van der Waals surface area contributed by atoms with E-state index in [0.717, 1.165) is 54.1 Å². The summed E-state index contributed by atoms with van der Waals surface area (Å²) in [5, 5.41) is 5.07. The molecule has 2 nitrogen and oxygen atoms in total. The molecule has 2 heterocycles. The molecule has 0 radical (unpaired) electrons. The predicted molar refractivity (Wildman–Crippen MR) is 292 cm³/mol. The molecule has 9 rings (SSSR count). The van der Waals surface area contributed by atoms with Gasteiger partial charge in [-0.15, -0.1) is 11.3 Å². The van der Waals surface area contributed by atoms with Gasteiger partial charge in [-0.3, -0.25) is 0 Å². The van der Waals surface area contributed by atoms with E-state index in [-0.39, 0.29) is 0 Å². The molecular formula is C62H59O2OsPS2+. The van der Waals surface area contributed by atoms with Crippen LogP contribution in [0.4, 0.5) is 0 Å². The minimum absolute atomic E-state index is 0.396. The van der Waals surface area contributed by atoms with E-state index >= 15 is 0 Å². The van der Waals surface area contributed by atoms with Crippen molar-refractivity contribution in [3.63, 3.8) is 0 Å². The summed E-state index contributed by atoms with van der Waals surface area (Å²) < 4.78 is 17.6. The molecule has 0 aliphatic heterocycles. The molecule has 68 heavy (non-hydrogen) atoms. The quantitative estimate of drug-likeness (QED) is 0.0799. The molecule has 1 fully saturated rings. The number of thiophene rings is 2. The molecule has 4 aromatic carbocycles. The Kier molecular flexibility index (Phi) is 15.2. The first-order chi connectivity index (χ1) is 33.2. The molecule has 0 amide bonds. The molecule has 1 saturated carbocycles. The van der Waals surface area contributed by atoms with E-state index in [4.69, 9.17) is 9.47 Å². The number of ether oxygens (including phenoxy) is 2. The molecule has 6 heteroatoms. The van der Waals surface area contributed by atoms with Crippen molar-refractivity contribution >= 4 is 75.2 Å².